The summed E-state index contributed by atoms with van der Waals surface area (Å²) in [6.45, 7) is 1.59. The monoisotopic (exact) mass is 322 g/mol. The maximum atomic E-state index is 12.6. The Kier molecular flexibility index (Phi) is 4.33. The van der Waals surface area contributed by atoms with Gasteiger partial charge in [0.2, 0.25) is 5.78 Å². The molecule has 2 aromatic carbocycles. The summed E-state index contributed by atoms with van der Waals surface area (Å²) in [7, 11) is 1.73. The second kappa shape index (κ2) is 6.58. The first kappa shape index (κ1) is 15.8. The number of rotatable bonds is 5. The fourth-order valence-electron chi connectivity index (χ4n) is 2.65. The SMILES string of the molecule is CNc1ccccc1C(=O)O[C@@H](C)C(=O)c1c[nH]c2ccccc12. The summed E-state index contributed by atoms with van der Waals surface area (Å²) in [4.78, 5) is 28.0. The number of aromatic amines is 1. The molecule has 0 aliphatic rings. The highest BCUT2D eigenvalue weighted by Gasteiger charge is 2.23. The minimum absolute atomic E-state index is 0.234. The van der Waals surface area contributed by atoms with Gasteiger partial charge >= 0.3 is 5.97 Å². The largest absolute Gasteiger partial charge is 0.451 e. The highest BCUT2D eigenvalue weighted by atomic mass is 16.5. The summed E-state index contributed by atoms with van der Waals surface area (Å²) in [5.41, 5.74) is 2.46. The number of H-pyrrole nitrogens is 1. The molecule has 0 aliphatic heterocycles. The summed E-state index contributed by atoms with van der Waals surface area (Å²) < 4.78 is 5.37. The van der Waals surface area contributed by atoms with Crippen LogP contribution in [-0.4, -0.2) is 29.9 Å². The first-order valence-electron chi connectivity index (χ1n) is 7.70. The number of esters is 1. The van der Waals surface area contributed by atoms with Gasteiger partial charge in [-0.15, -0.1) is 0 Å². The van der Waals surface area contributed by atoms with Crippen molar-refractivity contribution in [3.8, 4) is 0 Å². The first-order valence-corrected chi connectivity index (χ1v) is 7.70. The molecule has 1 atom stereocenters. The van der Waals surface area contributed by atoms with Crippen LogP contribution in [0, 0.1) is 0 Å². The van der Waals surface area contributed by atoms with E-state index in [4.69, 9.17) is 4.74 Å². The highest BCUT2D eigenvalue weighted by molar-refractivity contribution is 6.10. The summed E-state index contributed by atoms with van der Waals surface area (Å²) in [5.74, 6) is -0.761. The topological polar surface area (TPSA) is 71.2 Å². The molecule has 0 aliphatic carbocycles. The molecule has 0 radical (unpaired) electrons. The molecule has 5 heteroatoms. The average Bonchev–Trinajstić information content (AvgIpc) is 3.04. The number of Topliss-reactive ketones (excluding diaryl/α,β-unsaturated/α-hetero) is 1. The van der Waals surface area contributed by atoms with Crippen LogP contribution in [0.5, 0.6) is 0 Å². The Bertz CT molecular complexity index is 898. The lowest BCUT2D eigenvalue weighted by molar-refractivity contribution is 0.0320. The number of ketones is 1. The van der Waals surface area contributed by atoms with E-state index in [-0.39, 0.29) is 5.78 Å². The molecule has 3 rings (SSSR count). The van der Waals surface area contributed by atoms with Crippen LogP contribution < -0.4 is 5.32 Å². The van der Waals surface area contributed by atoms with Gasteiger partial charge in [-0.2, -0.15) is 0 Å². The fourth-order valence-corrected chi connectivity index (χ4v) is 2.65. The minimum Gasteiger partial charge on any atom is -0.451 e. The minimum atomic E-state index is -0.874. The predicted octanol–water partition coefficient (Wildman–Crippen LogP) is 3.64. The van der Waals surface area contributed by atoms with Crippen LogP contribution in [0.4, 0.5) is 5.69 Å². The van der Waals surface area contributed by atoms with Gasteiger partial charge in [-0.05, 0) is 25.1 Å². The Labute approximate surface area is 139 Å². The Balaban J connectivity index is 1.80. The highest BCUT2D eigenvalue weighted by Crippen LogP contribution is 2.21. The van der Waals surface area contributed by atoms with Gasteiger partial charge in [0.05, 0.1) is 5.56 Å². The van der Waals surface area contributed by atoms with Crippen LogP contribution in [-0.2, 0) is 4.74 Å². The number of benzene rings is 2. The first-order chi connectivity index (χ1) is 11.6. The van der Waals surface area contributed by atoms with E-state index in [9.17, 15) is 9.59 Å². The zero-order valence-electron chi connectivity index (χ0n) is 13.5. The Hall–Kier alpha value is -3.08. The molecule has 0 fully saturated rings. The van der Waals surface area contributed by atoms with Crippen LogP contribution in [0.15, 0.2) is 54.7 Å². The zero-order valence-corrected chi connectivity index (χ0v) is 13.5. The van der Waals surface area contributed by atoms with Crippen LogP contribution in [0.2, 0.25) is 0 Å². The van der Waals surface area contributed by atoms with Gasteiger partial charge in [0.25, 0.3) is 0 Å². The maximum Gasteiger partial charge on any atom is 0.340 e. The van der Waals surface area contributed by atoms with Gasteiger partial charge in [-0.3, -0.25) is 4.79 Å². The second-order valence-corrected chi connectivity index (χ2v) is 5.46. The molecular formula is C19H18N2O3. The molecule has 0 amide bonds. The third-order valence-corrected chi connectivity index (χ3v) is 3.92. The number of hydrogen-bond donors (Lipinski definition) is 2. The van der Waals surface area contributed by atoms with E-state index < -0.39 is 12.1 Å². The van der Waals surface area contributed by atoms with Crippen LogP contribution in [0.25, 0.3) is 10.9 Å². The van der Waals surface area contributed by atoms with Crippen LogP contribution in [0.1, 0.15) is 27.6 Å². The molecule has 1 heterocycles. The van der Waals surface area contributed by atoms with Crippen molar-refractivity contribution < 1.29 is 14.3 Å². The van der Waals surface area contributed by atoms with E-state index in [2.05, 4.69) is 10.3 Å². The van der Waals surface area contributed by atoms with Gasteiger partial charge < -0.3 is 15.0 Å². The lowest BCUT2D eigenvalue weighted by Gasteiger charge is -2.14. The number of carbonyl (C=O) groups is 2. The van der Waals surface area contributed by atoms with Crippen LogP contribution in [0.3, 0.4) is 0 Å². The normalized spacial score (nSPS) is 11.9. The number of para-hydroxylation sites is 2. The molecule has 122 valence electrons. The molecule has 1 aromatic heterocycles. The summed E-state index contributed by atoms with van der Waals surface area (Å²) in [6.07, 6.45) is 0.778. The predicted molar refractivity (Wildman–Crippen MR) is 93.5 cm³/mol. The number of fused-ring (bicyclic) bond motifs is 1. The van der Waals surface area contributed by atoms with E-state index in [0.29, 0.717) is 16.8 Å². The van der Waals surface area contributed by atoms with Gasteiger partial charge in [-0.25, -0.2) is 4.79 Å². The van der Waals surface area contributed by atoms with E-state index in [1.54, 1.807) is 38.4 Å². The van der Waals surface area contributed by atoms with Gasteiger partial charge in [-0.1, -0.05) is 30.3 Å². The number of aromatic nitrogens is 1. The van der Waals surface area contributed by atoms with E-state index in [1.165, 1.54) is 0 Å². The number of carbonyl (C=O) groups excluding carboxylic acids is 2. The summed E-state index contributed by atoms with van der Waals surface area (Å²) >= 11 is 0. The van der Waals surface area contributed by atoms with Gasteiger partial charge in [0, 0.05) is 35.4 Å². The van der Waals surface area contributed by atoms with Crippen molar-refractivity contribution in [2.24, 2.45) is 0 Å². The van der Waals surface area contributed by atoms with Crippen molar-refractivity contribution in [3.63, 3.8) is 0 Å². The standard InChI is InChI=1S/C19H18N2O3/c1-12(24-19(23)14-8-4-5-9-16(14)20-2)18(22)15-11-21-17-10-6-3-7-13(15)17/h3-12,20-21H,1-2H3/t12-/m0/s1. The molecule has 0 spiro atoms. The van der Waals surface area contributed by atoms with Crippen molar-refractivity contribution in [3.05, 3.63) is 65.9 Å². The quantitative estimate of drug-likeness (QED) is 0.556. The zero-order chi connectivity index (χ0) is 17.1. The van der Waals surface area contributed by atoms with Crippen molar-refractivity contribution in [2.45, 2.75) is 13.0 Å². The van der Waals surface area contributed by atoms with Crippen molar-refractivity contribution in [2.75, 3.05) is 12.4 Å². The van der Waals surface area contributed by atoms with Gasteiger partial charge in [0.1, 0.15) is 0 Å². The molecule has 0 bridgehead atoms. The Morgan fingerprint density at radius 2 is 1.75 bits per heavy atom. The van der Waals surface area contributed by atoms with Gasteiger partial charge in [0.15, 0.2) is 6.10 Å². The molecular weight excluding hydrogens is 304 g/mol. The Morgan fingerprint density at radius 1 is 1.04 bits per heavy atom. The number of anilines is 1. The maximum absolute atomic E-state index is 12.6. The number of ether oxygens (including phenoxy) is 1. The molecule has 0 unspecified atom stereocenters. The van der Waals surface area contributed by atoms with E-state index in [1.807, 2.05) is 30.3 Å². The second-order valence-electron chi connectivity index (χ2n) is 5.46. The molecule has 5 nitrogen and oxygen atoms in total. The summed E-state index contributed by atoms with van der Waals surface area (Å²) in [5, 5.41) is 3.76. The third kappa shape index (κ3) is 2.88. The van der Waals surface area contributed by atoms with E-state index in [0.717, 1.165) is 10.9 Å². The lowest BCUT2D eigenvalue weighted by atomic mass is 10.1. The fraction of sp³-hybridized carbons (Fsp3) is 0.158. The van der Waals surface area contributed by atoms with Crippen LogP contribution >= 0.6 is 0 Å². The smallest absolute Gasteiger partial charge is 0.340 e. The average molecular weight is 322 g/mol. The van der Waals surface area contributed by atoms with Crippen molar-refractivity contribution in [1.29, 1.82) is 0 Å². The lowest BCUT2D eigenvalue weighted by Crippen LogP contribution is -2.24. The molecule has 0 saturated carbocycles. The third-order valence-electron chi connectivity index (χ3n) is 3.92. The molecule has 0 saturated heterocycles. The van der Waals surface area contributed by atoms with E-state index >= 15 is 0 Å². The number of hydrogen-bond acceptors (Lipinski definition) is 4. The Morgan fingerprint density at radius 3 is 2.54 bits per heavy atom. The molecule has 2 N–H and O–H groups in total. The number of nitrogens with one attached hydrogen (secondary N) is 2. The summed E-state index contributed by atoms with van der Waals surface area (Å²) in [6, 6.07) is 14.5. The molecule has 24 heavy (non-hydrogen) atoms. The van der Waals surface area contributed by atoms with Crippen molar-refractivity contribution in [1.82, 2.24) is 4.98 Å². The molecule has 3 aromatic rings. The van der Waals surface area contributed by atoms with Crippen molar-refractivity contribution >= 4 is 28.3 Å².